The molecule has 182 valence electrons. The molecule has 1 amide bonds. The van der Waals surface area contributed by atoms with Gasteiger partial charge in [-0.2, -0.15) is 13.5 Å². The van der Waals surface area contributed by atoms with E-state index in [1.165, 1.54) is 28.9 Å². The van der Waals surface area contributed by atoms with E-state index in [0.717, 1.165) is 4.31 Å². The summed E-state index contributed by atoms with van der Waals surface area (Å²) in [5, 5.41) is 7.75. The van der Waals surface area contributed by atoms with Crippen LogP contribution < -0.4 is 9.62 Å². The van der Waals surface area contributed by atoms with Crippen molar-refractivity contribution in [1.82, 2.24) is 15.1 Å². The molecule has 9 nitrogen and oxygen atoms in total. The van der Waals surface area contributed by atoms with E-state index < -0.39 is 16.2 Å². The van der Waals surface area contributed by atoms with Crippen molar-refractivity contribution >= 4 is 39.2 Å². The summed E-state index contributed by atoms with van der Waals surface area (Å²) < 4.78 is 43.4. The summed E-state index contributed by atoms with van der Waals surface area (Å²) in [5.74, 6) is -0.631. The SMILES string of the molecule is C[C@H](NC(=O)c1nn(C)c(C2CCOCC2)c1N(c1ccc(Cl)cc1)S(=O)(=O)O)C(C)(C)C. The summed E-state index contributed by atoms with van der Waals surface area (Å²) in [7, 11) is -3.15. The molecule has 3 rings (SSSR count). The zero-order valence-corrected chi connectivity index (χ0v) is 21.1. The van der Waals surface area contributed by atoms with Crippen molar-refractivity contribution in [3.05, 3.63) is 40.7 Å². The van der Waals surface area contributed by atoms with Crippen LogP contribution in [0.5, 0.6) is 0 Å². The molecule has 0 unspecified atom stereocenters. The molecule has 11 heteroatoms. The number of benzene rings is 1. The molecule has 0 radical (unpaired) electrons. The van der Waals surface area contributed by atoms with E-state index in [2.05, 4.69) is 10.4 Å². The highest BCUT2D eigenvalue weighted by atomic mass is 35.5. The van der Waals surface area contributed by atoms with Crippen molar-refractivity contribution in [3.8, 4) is 0 Å². The molecule has 0 saturated carbocycles. The standard InChI is InChI=1S/C22H31ClN4O5S/c1-14(22(2,3)4)24-21(28)18-20(19(26(5)25-18)15-10-12-32-13-11-15)27(33(29,30)31)17-8-6-16(23)7-9-17/h6-9,14-15H,10-13H2,1-5H3,(H,24,28)(H,29,30,31)/t14-/m0/s1. The monoisotopic (exact) mass is 498 g/mol. The number of hydrogen-bond acceptors (Lipinski definition) is 5. The highest BCUT2D eigenvalue weighted by Gasteiger charge is 2.37. The number of anilines is 2. The molecule has 2 aromatic rings. The number of carbonyl (C=O) groups is 1. The molecule has 2 heterocycles. The van der Waals surface area contributed by atoms with E-state index in [-0.39, 0.29) is 34.4 Å². The Labute approximate surface area is 199 Å². The average molecular weight is 499 g/mol. The van der Waals surface area contributed by atoms with Crippen LogP contribution in [0.1, 0.15) is 62.6 Å². The zero-order valence-electron chi connectivity index (χ0n) is 19.5. The van der Waals surface area contributed by atoms with Gasteiger partial charge in [0.1, 0.15) is 5.69 Å². The summed E-state index contributed by atoms with van der Waals surface area (Å²) in [6.45, 7) is 8.85. The first-order valence-corrected chi connectivity index (χ1v) is 12.6. The van der Waals surface area contributed by atoms with Gasteiger partial charge in [0.25, 0.3) is 5.91 Å². The van der Waals surface area contributed by atoms with E-state index in [4.69, 9.17) is 16.3 Å². The molecule has 1 fully saturated rings. The van der Waals surface area contributed by atoms with Gasteiger partial charge >= 0.3 is 10.3 Å². The molecular formula is C22H31ClN4O5S. The summed E-state index contributed by atoms with van der Waals surface area (Å²) in [4.78, 5) is 13.4. The third-order valence-corrected chi connectivity index (χ3v) is 7.14. The number of ether oxygens (including phenoxy) is 1. The molecule has 0 spiro atoms. The highest BCUT2D eigenvalue weighted by Crippen LogP contribution is 2.41. The third kappa shape index (κ3) is 5.68. The van der Waals surface area contributed by atoms with Gasteiger partial charge in [-0.1, -0.05) is 32.4 Å². The minimum Gasteiger partial charge on any atom is -0.381 e. The van der Waals surface area contributed by atoms with Crippen LogP contribution in [-0.2, 0) is 22.1 Å². The van der Waals surface area contributed by atoms with Gasteiger partial charge in [0, 0.05) is 37.2 Å². The Balaban J connectivity index is 2.22. The number of carbonyl (C=O) groups excluding carboxylic acids is 1. The number of nitrogens with zero attached hydrogens (tertiary/aromatic N) is 3. The van der Waals surface area contributed by atoms with Crippen LogP contribution in [0.15, 0.2) is 24.3 Å². The second-order valence-corrected chi connectivity index (χ2v) is 11.1. The molecule has 1 aromatic heterocycles. The lowest BCUT2D eigenvalue weighted by Crippen LogP contribution is -2.42. The van der Waals surface area contributed by atoms with Crippen molar-refractivity contribution < 1.29 is 22.5 Å². The van der Waals surface area contributed by atoms with Gasteiger partial charge in [0.2, 0.25) is 0 Å². The molecule has 1 saturated heterocycles. The van der Waals surface area contributed by atoms with Crippen molar-refractivity contribution in [2.24, 2.45) is 12.5 Å². The predicted octanol–water partition coefficient (Wildman–Crippen LogP) is 4.07. The summed E-state index contributed by atoms with van der Waals surface area (Å²) >= 11 is 5.99. The van der Waals surface area contributed by atoms with E-state index >= 15 is 0 Å². The second kappa shape index (κ2) is 9.61. The lowest BCUT2D eigenvalue weighted by atomic mass is 9.88. The molecule has 1 aliphatic heterocycles. The van der Waals surface area contributed by atoms with Crippen LogP contribution in [0.2, 0.25) is 5.02 Å². The van der Waals surface area contributed by atoms with Crippen molar-refractivity contribution in [1.29, 1.82) is 0 Å². The van der Waals surface area contributed by atoms with Gasteiger partial charge in [0.15, 0.2) is 5.69 Å². The number of aryl methyl sites for hydroxylation is 1. The van der Waals surface area contributed by atoms with E-state index in [0.29, 0.717) is 36.8 Å². The predicted molar refractivity (Wildman–Crippen MR) is 128 cm³/mol. The zero-order chi connectivity index (χ0) is 24.6. The summed E-state index contributed by atoms with van der Waals surface area (Å²) in [5.41, 5.74) is 0.406. The van der Waals surface area contributed by atoms with Crippen molar-refractivity contribution in [2.45, 2.75) is 52.5 Å². The Bertz CT molecular complexity index is 1100. The fraction of sp³-hybridized carbons (Fsp3) is 0.545. The van der Waals surface area contributed by atoms with Gasteiger partial charge < -0.3 is 10.1 Å². The smallest absolute Gasteiger partial charge is 0.364 e. The minimum atomic E-state index is -4.82. The first-order valence-electron chi connectivity index (χ1n) is 10.8. The first-order chi connectivity index (χ1) is 15.3. The fourth-order valence-electron chi connectivity index (χ4n) is 3.74. The third-order valence-electron chi connectivity index (χ3n) is 6.03. The summed E-state index contributed by atoms with van der Waals surface area (Å²) in [6, 6.07) is 5.75. The molecular weight excluding hydrogens is 468 g/mol. The maximum atomic E-state index is 13.4. The lowest BCUT2D eigenvalue weighted by molar-refractivity contribution is 0.0838. The number of hydrogen-bond donors (Lipinski definition) is 2. The number of rotatable bonds is 6. The number of nitrogens with one attached hydrogen (secondary N) is 1. The van der Waals surface area contributed by atoms with Crippen LogP contribution in [0.3, 0.4) is 0 Å². The Morgan fingerprint density at radius 2 is 1.85 bits per heavy atom. The van der Waals surface area contributed by atoms with Gasteiger partial charge in [-0.25, -0.2) is 4.31 Å². The van der Waals surface area contributed by atoms with Gasteiger partial charge in [-0.05, 0) is 49.4 Å². The number of aromatic nitrogens is 2. The molecule has 1 atom stereocenters. The maximum absolute atomic E-state index is 13.4. The van der Waals surface area contributed by atoms with Crippen LogP contribution in [0, 0.1) is 5.41 Å². The lowest BCUT2D eigenvalue weighted by Gasteiger charge is -2.29. The molecule has 1 aromatic carbocycles. The number of halogens is 1. The van der Waals surface area contributed by atoms with Crippen LogP contribution >= 0.6 is 11.6 Å². The first kappa shape index (κ1) is 25.5. The maximum Gasteiger partial charge on any atom is 0.364 e. The van der Waals surface area contributed by atoms with Crippen LogP contribution in [0.25, 0.3) is 0 Å². The average Bonchev–Trinajstić information content (AvgIpc) is 3.05. The molecule has 1 aliphatic rings. The fourth-order valence-corrected chi connectivity index (χ4v) is 4.67. The quantitative estimate of drug-likeness (QED) is 0.580. The highest BCUT2D eigenvalue weighted by molar-refractivity contribution is 7.87. The van der Waals surface area contributed by atoms with Gasteiger partial charge in [-0.3, -0.25) is 14.0 Å². The molecule has 2 N–H and O–H groups in total. The molecule has 0 bridgehead atoms. The Morgan fingerprint density at radius 3 is 2.36 bits per heavy atom. The van der Waals surface area contributed by atoms with Crippen LogP contribution in [0.4, 0.5) is 11.4 Å². The van der Waals surface area contributed by atoms with E-state index in [1.54, 1.807) is 7.05 Å². The number of amides is 1. The normalized spacial score (nSPS) is 16.5. The molecule has 33 heavy (non-hydrogen) atoms. The Kier molecular flexibility index (Phi) is 7.42. The second-order valence-electron chi connectivity index (χ2n) is 9.37. The van der Waals surface area contributed by atoms with Crippen molar-refractivity contribution in [2.75, 3.05) is 17.5 Å². The van der Waals surface area contributed by atoms with E-state index in [1.807, 2.05) is 27.7 Å². The van der Waals surface area contributed by atoms with Gasteiger partial charge in [0.05, 0.1) is 11.4 Å². The Hall–Kier alpha value is -2.14. The van der Waals surface area contributed by atoms with E-state index in [9.17, 15) is 17.8 Å². The van der Waals surface area contributed by atoms with Gasteiger partial charge in [-0.15, -0.1) is 0 Å². The molecule has 0 aliphatic carbocycles. The Morgan fingerprint density at radius 1 is 1.27 bits per heavy atom. The van der Waals surface area contributed by atoms with Crippen LogP contribution in [-0.4, -0.2) is 47.9 Å². The van der Waals surface area contributed by atoms with Crippen molar-refractivity contribution in [3.63, 3.8) is 0 Å². The summed E-state index contributed by atoms with van der Waals surface area (Å²) in [6.07, 6.45) is 1.26. The minimum absolute atomic E-state index is 0.0350. The largest absolute Gasteiger partial charge is 0.381 e. The topological polar surface area (TPSA) is 114 Å².